The molecule has 128 valence electrons. The highest BCUT2D eigenvalue weighted by atomic mass is 16.5. The van der Waals surface area contributed by atoms with Crippen LogP contribution in [0.25, 0.3) is 11.3 Å². The molecule has 2 heterocycles. The molecule has 1 aliphatic heterocycles. The zero-order chi connectivity index (χ0) is 17.2. The molecule has 1 atom stereocenters. The second kappa shape index (κ2) is 6.77. The number of nitrogens with one attached hydrogen (secondary N) is 2. The summed E-state index contributed by atoms with van der Waals surface area (Å²) < 4.78 is 5.52. The molecule has 1 aromatic heterocycles. The van der Waals surface area contributed by atoms with Gasteiger partial charge in [-0.1, -0.05) is 35.0 Å². The third-order valence-corrected chi connectivity index (χ3v) is 4.48. The van der Waals surface area contributed by atoms with Gasteiger partial charge < -0.3 is 15.2 Å². The molecule has 1 aliphatic rings. The molecule has 1 aromatic carbocycles. The first kappa shape index (κ1) is 16.7. The van der Waals surface area contributed by atoms with E-state index in [0.717, 1.165) is 36.4 Å². The Kier molecular flexibility index (Phi) is 4.71. The molecule has 5 heteroatoms. The molecule has 1 saturated heterocycles. The SMILES string of the molecule is Cc1ccc(-c2cc(C[C@]3(C(=O)NC(C)C)CCCN3)on2)cc1. The highest BCUT2D eigenvalue weighted by Crippen LogP contribution is 2.27. The van der Waals surface area contributed by atoms with Crippen LogP contribution in [-0.2, 0) is 11.2 Å². The van der Waals surface area contributed by atoms with E-state index >= 15 is 0 Å². The van der Waals surface area contributed by atoms with E-state index < -0.39 is 5.54 Å². The minimum atomic E-state index is -0.589. The predicted molar refractivity (Wildman–Crippen MR) is 93.6 cm³/mol. The van der Waals surface area contributed by atoms with Gasteiger partial charge in [-0.3, -0.25) is 4.79 Å². The zero-order valence-corrected chi connectivity index (χ0v) is 14.6. The maximum absolute atomic E-state index is 12.7. The molecule has 2 N–H and O–H groups in total. The van der Waals surface area contributed by atoms with Gasteiger partial charge in [0.05, 0.1) is 0 Å². The summed E-state index contributed by atoms with van der Waals surface area (Å²) in [5.74, 6) is 0.780. The zero-order valence-electron chi connectivity index (χ0n) is 14.6. The smallest absolute Gasteiger partial charge is 0.240 e. The van der Waals surface area contributed by atoms with E-state index in [9.17, 15) is 4.79 Å². The van der Waals surface area contributed by atoms with E-state index in [0.29, 0.717) is 6.42 Å². The first-order valence-electron chi connectivity index (χ1n) is 8.57. The Labute approximate surface area is 142 Å². The van der Waals surface area contributed by atoms with E-state index in [2.05, 4.69) is 34.8 Å². The van der Waals surface area contributed by atoms with Crippen LogP contribution in [0.1, 0.15) is 38.0 Å². The maximum Gasteiger partial charge on any atom is 0.240 e. The quantitative estimate of drug-likeness (QED) is 0.886. The molecule has 0 spiro atoms. The second-order valence-corrected chi connectivity index (χ2v) is 6.96. The number of rotatable bonds is 5. The fourth-order valence-electron chi connectivity index (χ4n) is 3.19. The van der Waals surface area contributed by atoms with Crippen molar-refractivity contribution in [3.05, 3.63) is 41.7 Å². The third-order valence-electron chi connectivity index (χ3n) is 4.48. The lowest BCUT2D eigenvalue weighted by atomic mass is 9.90. The average molecular weight is 327 g/mol. The fraction of sp³-hybridized carbons (Fsp3) is 0.474. The summed E-state index contributed by atoms with van der Waals surface area (Å²) in [5.41, 5.74) is 2.45. The van der Waals surface area contributed by atoms with Crippen molar-refractivity contribution in [2.45, 2.75) is 51.6 Å². The van der Waals surface area contributed by atoms with Gasteiger partial charge in [0.2, 0.25) is 5.91 Å². The summed E-state index contributed by atoms with van der Waals surface area (Å²) in [7, 11) is 0. The standard InChI is InChI=1S/C19H25N3O2/c1-13(2)21-18(23)19(9-4-10-20-19)12-16-11-17(22-24-16)15-7-5-14(3)6-8-15/h5-8,11,13,20H,4,9-10,12H2,1-3H3,(H,21,23)/t19-/m0/s1. The van der Waals surface area contributed by atoms with Gasteiger partial charge in [0.25, 0.3) is 0 Å². The lowest BCUT2D eigenvalue weighted by Crippen LogP contribution is -2.56. The van der Waals surface area contributed by atoms with E-state index in [4.69, 9.17) is 4.52 Å². The van der Waals surface area contributed by atoms with Crippen molar-refractivity contribution in [2.24, 2.45) is 0 Å². The minimum Gasteiger partial charge on any atom is -0.361 e. The van der Waals surface area contributed by atoms with E-state index in [1.54, 1.807) is 0 Å². The van der Waals surface area contributed by atoms with Crippen molar-refractivity contribution in [3.8, 4) is 11.3 Å². The number of hydrogen-bond donors (Lipinski definition) is 2. The Hall–Kier alpha value is -2.14. The van der Waals surface area contributed by atoms with Gasteiger partial charge in [0.1, 0.15) is 17.0 Å². The number of hydrogen-bond acceptors (Lipinski definition) is 4. The first-order valence-corrected chi connectivity index (χ1v) is 8.57. The summed E-state index contributed by atoms with van der Waals surface area (Å²) in [5, 5.41) is 10.6. The molecule has 0 saturated carbocycles. The number of aryl methyl sites for hydroxylation is 1. The van der Waals surface area contributed by atoms with Crippen LogP contribution in [0.4, 0.5) is 0 Å². The van der Waals surface area contributed by atoms with E-state index in [-0.39, 0.29) is 11.9 Å². The fourth-order valence-corrected chi connectivity index (χ4v) is 3.19. The lowest BCUT2D eigenvalue weighted by molar-refractivity contribution is -0.127. The number of nitrogens with zero attached hydrogens (tertiary/aromatic N) is 1. The molecule has 3 rings (SSSR count). The van der Waals surface area contributed by atoms with Crippen LogP contribution in [0.3, 0.4) is 0 Å². The summed E-state index contributed by atoms with van der Waals surface area (Å²) in [6, 6.07) is 10.2. The Morgan fingerprint density at radius 2 is 2.12 bits per heavy atom. The highest BCUT2D eigenvalue weighted by Gasteiger charge is 2.42. The maximum atomic E-state index is 12.7. The summed E-state index contributed by atoms with van der Waals surface area (Å²) in [6.45, 7) is 6.86. The Morgan fingerprint density at radius 1 is 1.38 bits per heavy atom. The highest BCUT2D eigenvalue weighted by molar-refractivity contribution is 5.87. The van der Waals surface area contributed by atoms with Crippen molar-refractivity contribution in [1.82, 2.24) is 15.8 Å². The van der Waals surface area contributed by atoms with Gasteiger partial charge in [-0.25, -0.2) is 0 Å². The Balaban J connectivity index is 1.79. The lowest BCUT2D eigenvalue weighted by Gasteiger charge is -2.28. The van der Waals surface area contributed by atoms with Crippen LogP contribution >= 0.6 is 0 Å². The van der Waals surface area contributed by atoms with Gasteiger partial charge in [0.15, 0.2) is 0 Å². The van der Waals surface area contributed by atoms with Crippen molar-refractivity contribution >= 4 is 5.91 Å². The molecule has 1 amide bonds. The number of benzene rings is 1. The minimum absolute atomic E-state index is 0.0447. The van der Waals surface area contributed by atoms with Crippen molar-refractivity contribution < 1.29 is 9.32 Å². The monoisotopic (exact) mass is 327 g/mol. The molecule has 0 aliphatic carbocycles. The summed E-state index contributed by atoms with van der Waals surface area (Å²) in [6.07, 6.45) is 2.32. The van der Waals surface area contributed by atoms with E-state index in [1.165, 1.54) is 5.56 Å². The molecule has 0 radical (unpaired) electrons. The number of amides is 1. The molecule has 5 nitrogen and oxygen atoms in total. The molecule has 24 heavy (non-hydrogen) atoms. The Bertz CT molecular complexity index is 698. The predicted octanol–water partition coefficient (Wildman–Crippen LogP) is 2.84. The number of aromatic nitrogens is 1. The van der Waals surface area contributed by atoms with E-state index in [1.807, 2.05) is 32.0 Å². The normalized spacial score (nSPS) is 20.5. The molecule has 2 aromatic rings. The van der Waals surface area contributed by atoms with Crippen LogP contribution in [0, 0.1) is 6.92 Å². The summed E-state index contributed by atoms with van der Waals surface area (Å²) in [4.78, 5) is 12.7. The summed E-state index contributed by atoms with van der Waals surface area (Å²) >= 11 is 0. The van der Waals surface area contributed by atoms with Gasteiger partial charge in [-0.2, -0.15) is 0 Å². The molecular formula is C19H25N3O2. The van der Waals surface area contributed by atoms with Crippen LogP contribution in [0.5, 0.6) is 0 Å². The Morgan fingerprint density at radius 3 is 2.75 bits per heavy atom. The molecule has 0 bridgehead atoms. The third kappa shape index (κ3) is 3.51. The average Bonchev–Trinajstić information content (AvgIpc) is 3.18. The van der Waals surface area contributed by atoms with Crippen LogP contribution in [0.15, 0.2) is 34.9 Å². The number of carbonyl (C=O) groups is 1. The van der Waals surface area contributed by atoms with Crippen molar-refractivity contribution in [2.75, 3.05) is 6.54 Å². The van der Waals surface area contributed by atoms with Crippen molar-refractivity contribution in [3.63, 3.8) is 0 Å². The van der Waals surface area contributed by atoms with Gasteiger partial charge in [0, 0.05) is 24.1 Å². The van der Waals surface area contributed by atoms with Crippen LogP contribution in [0.2, 0.25) is 0 Å². The van der Waals surface area contributed by atoms with Crippen LogP contribution in [-0.4, -0.2) is 29.2 Å². The molecule has 0 unspecified atom stereocenters. The van der Waals surface area contributed by atoms with Crippen molar-refractivity contribution in [1.29, 1.82) is 0 Å². The van der Waals surface area contributed by atoms with Gasteiger partial charge in [-0.15, -0.1) is 0 Å². The first-order chi connectivity index (χ1) is 11.5. The second-order valence-electron chi connectivity index (χ2n) is 6.96. The number of carbonyl (C=O) groups excluding carboxylic acids is 1. The largest absolute Gasteiger partial charge is 0.361 e. The van der Waals surface area contributed by atoms with Gasteiger partial charge in [-0.05, 0) is 40.2 Å². The molecule has 1 fully saturated rings. The van der Waals surface area contributed by atoms with Crippen LogP contribution < -0.4 is 10.6 Å². The topological polar surface area (TPSA) is 67.2 Å². The molecular weight excluding hydrogens is 302 g/mol. The van der Waals surface area contributed by atoms with Gasteiger partial charge >= 0.3 is 0 Å².